The fourth-order valence-corrected chi connectivity index (χ4v) is 1.14. The molecule has 0 saturated carbocycles. The van der Waals surface area contributed by atoms with Crippen molar-refractivity contribution in [3.05, 3.63) is 0 Å². The summed E-state index contributed by atoms with van der Waals surface area (Å²) in [7, 11) is -11.0. The van der Waals surface area contributed by atoms with Crippen LogP contribution in [-0.2, 0) is 13.4 Å². The Labute approximate surface area is 115 Å². The SMILES string of the molecule is O=P([O-])([O-])OP(=O)([O-])O.[Ba+2].[Li+]. The molecule has 0 aromatic rings. The van der Waals surface area contributed by atoms with Gasteiger partial charge in [0, 0.05) is 0 Å². The van der Waals surface area contributed by atoms with Gasteiger partial charge in [-0.25, -0.2) is 0 Å². The van der Waals surface area contributed by atoms with Gasteiger partial charge in [0.15, 0.2) is 0 Å². The van der Waals surface area contributed by atoms with Gasteiger partial charge in [-0.05, 0) is 0 Å². The van der Waals surface area contributed by atoms with Crippen molar-refractivity contribution in [1.82, 2.24) is 0 Å². The van der Waals surface area contributed by atoms with Gasteiger partial charge in [-0.15, -0.1) is 0 Å². The minimum atomic E-state index is -5.61. The van der Waals surface area contributed by atoms with E-state index < -0.39 is 15.6 Å². The van der Waals surface area contributed by atoms with Gasteiger partial charge in [0.1, 0.15) is 0 Å². The first-order chi connectivity index (χ1) is 3.71. The first-order valence-electron chi connectivity index (χ1n) is 1.48. The zero-order chi connectivity index (χ0) is 7.71. The van der Waals surface area contributed by atoms with E-state index in [-0.39, 0.29) is 67.7 Å². The second-order valence-corrected chi connectivity index (χ2v) is 3.48. The standard InChI is InChI=1S/Ba.Li.H4O7P2/c;;1-8(2,3)7-9(4,5)6/h;;(H2,1,2,3)(H2,4,5,6)/q+2;+1;/p-3. The summed E-state index contributed by atoms with van der Waals surface area (Å²) < 4.78 is 21.4. The van der Waals surface area contributed by atoms with E-state index in [0.717, 1.165) is 0 Å². The normalized spacial score (nSPS) is 15.6. The van der Waals surface area contributed by atoms with Crippen molar-refractivity contribution in [2.24, 2.45) is 0 Å². The number of rotatable bonds is 2. The van der Waals surface area contributed by atoms with Gasteiger partial charge < -0.3 is 24.1 Å². The second-order valence-electron chi connectivity index (χ2n) is 0.997. The number of hydrogen-bond donors (Lipinski definition) is 1. The average Bonchev–Trinajstić information content (AvgIpc) is 1.14. The Bertz CT molecular complexity index is 157. The molecule has 0 aliphatic carbocycles. The van der Waals surface area contributed by atoms with Crippen molar-refractivity contribution in [1.29, 1.82) is 0 Å². The van der Waals surface area contributed by atoms with E-state index in [9.17, 15) is 23.8 Å². The van der Waals surface area contributed by atoms with Crippen LogP contribution in [0.15, 0.2) is 0 Å². The summed E-state index contributed by atoms with van der Waals surface area (Å²) in [6.45, 7) is 0. The zero-order valence-corrected chi connectivity index (χ0v) is 11.7. The summed E-state index contributed by atoms with van der Waals surface area (Å²) in [6, 6.07) is 0. The predicted octanol–water partition coefficient (Wildman–Crippen LogP) is -6.08. The maximum Gasteiger partial charge on any atom is 2.00 e. The topological polar surface area (TPSA) is 133 Å². The largest absolute Gasteiger partial charge is 2.00 e. The van der Waals surface area contributed by atoms with E-state index in [2.05, 4.69) is 4.31 Å². The van der Waals surface area contributed by atoms with Crippen molar-refractivity contribution in [3.8, 4) is 0 Å². The van der Waals surface area contributed by atoms with Crippen LogP contribution in [0.5, 0.6) is 0 Å². The van der Waals surface area contributed by atoms with Gasteiger partial charge in [-0.2, -0.15) is 0 Å². The third-order valence-electron chi connectivity index (χ3n) is 0.203. The molecule has 0 rings (SSSR count). The van der Waals surface area contributed by atoms with Crippen molar-refractivity contribution in [2.75, 3.05) is 0 Å². The van der Waals surface area contributed by atoms with Crippen LogP contribution < -0.4 is 33.5 Å². The molecule has 56 valence electrons. The summed E-state index contributed by atoms with van der Waals surface area (Å²) in [5.41, 5.74) is 0. The Kier molecular flexibility index (Phi) is 11.8. The van der Waals surface area contributed by atoms with Crippen LogP contribution in [-0.4, -0.2) is 53.8 Å². The third-order valence-corrected chi connectivity index (χ3v) is 1.83. The summed E-state index contributed by atoms with van der Waals surface area (Å²) >= 11 is 0. The molecule has 1 N–H and O–H groups in total. The van der Waals surface area contributed by atoms with E-state index >= 15 is 0 Å². The molecule has 0 aromatic carbocycles. The number of phosphoric acid groups is 2. The van der Waals surface area contributed by atoms with E-state index in [0.29, 0.717) is 0 Å². The molecule has 0 fully saturated rings. The van der Waals surface area contributed by atoms with E-state index in [1.807, 2.05) is 0 Å². The van der Waals surface area contributed by atoms with Crippen molar-refractivity contribution in [3.63, 3.8) is 0 Å². The fourth-order valence-electron chi connectivity index (χ4n) is 0.126. The Balaban J connectivity index is -0.000000320. The maximum absolute atomic E-state index is 9.44. The van der Waals surface area contributed by atoms with E-state index in [1.54, 1.807) is 0 Å². The molecular formula is HBaLiO7P2. The van der Waals surface area contributed by atoms with Crippen molar-refractivity contribution >= 4 is 64.5 Å². The van der Waals surface area contributed by atoms with Gasteiger partial charge in [-0.3, -0.25) is 8.88 Å². The quantitative estimate of drug-likeness (QED) is 0.395. The third kappa shape index (κ3) is 19.0. The number of hydrogen-bond acceptors (Lipinski definition) is 6. The maximum atomic E-state index is 9.44. The van der Waals surface area contributed by atoms with Gasteiger partial charge in [0.05, 0.1) is 7.82 Å². The van der Waals surface area contributed by atoms with Crippen LogP contribution in [0.25, 0.3) is 0 Å². The minimum absolute atomic E-state index is 0. The summed E-state index contributed by atoms with van der Waals surface area (Å²) in [6.07, 6.45) is 0. The van der Waals surface area contributed by atoms with Crippen molar-refractivity contribution < 1.29 is 51.9 Å². The van der Waals surface area contributed by atoms with Crippen LogP contribution in [0.4, 0.5) is 0 Å². The first kappa shape index (κ1) is 19.1. The molecule has 0 heterocycles. The molecule has 1 atom stereocenters. The summed E-state index contributed by atoms with van der Waals surface area (Å²) in [5, 5.41) is 0. The molecule has 1 unspecified atom stereocenters. The molecule has 0 aliphatic rings. The van der Waals surface area contributed by atoms with Crippen LogP contribution in [0.3, 0.4) is 0 Å². The molecule has 0 bridgehead atoms. The summed E-state index contributed by atoms with van der Waals surface area (Å²) in [5.74, 6) is 0. The Morgan fingerprint density at radius 1 is 1.18 bits per heavy atom. The Morgan fingerprint density at radius 3 is 1.45 bits per heavy atom. The molecule has 0 aromatic heterocycles. The van der Waals surface area contributed by atoms with E-state index in [4.69, 9.17) is 4.89 Å². The Hall–Kier alpha value is 2.43. The van der Waals surface area contributed by atoms with Gasteiger partial charge in [0.25, 0.3) is 7.82 Å². The molecule has 0 radical (unpaired) electrons. The van der Waals surface area contributed by atoms with E-state index in [1.165, 1.54) is 0 Å². The van der Waals surface area contributed by atoms with Crippen LogP contribution in [0, 0.1) is 0 Å². The molecule has 0 amide bonds. The predicted molar refractivity (Wildman–Crippen MR) is 24.3 cm³/mol. The second kappa shape index (κ2) is 6.82. The molecule has 11 heteroatoms. The molecule has 11 heavy (non-hydrogen) atoms. The van der Waals surface area contributed by atoms with Crippen LogP contribution >= 0.6 is 15.6 Å². The average molecular weight is 319 g/mol. The molecular weight excluding hydrogens is 318 g/mol. The van der Waals surface area contributed by atoms with Gasteiger partial charge in [-0.1, -0.05) is 0 Å². The van der Waals surface area contributed by atoms with Gasteiger partial charge >= 0.3 is 67.7 Å². The Morgan fingerprint density at radius 2 is 1.45 bits per heavy atom. The molecule has 7 nitrogen and oxygen atoms in total. The van der Waals surface area contributed by atoms with Gasteiger partial charge in [0.2, 0.25) is 0 Å². The van der Waals surface area contributed by atoms with Crippen molar-refractivity contribution in [2.45, 2.75) is 0 Å². The monoisotopic (exact) mass is 320 g/mol. The molecule has 0 spiro atoms. The first-order valence-corrected chi connectivity index (χ1v) is 4.43. The summed E-state index contributed by atoms with van der Waals surface area (Å²) in [4.78, 5) is 35.7. The van der Waals surface area contributed by atoms with Crippen LogP contribution in [0.1, 0.15) is 0 Å². The zero-order valence-electron chi connectivity index (χ0n) is 5.50. The molecule has 0 aliphatic heterocycles. The fraction of sp³-hybridized carbons (Fsp3) is 0. The smallest absolute Gasteiger partial charge is 0.790 e. The van der Waals surface area contributed by atoms with Crippen LogP contribution in [0.2, 0.25) is 0 Å². The minimum Gasteiger partial charge on any atom is -0.790 e. The molecule has 0 saturated heterocycles.